The maximum absolute atomic E-state index is 12.1. The molecule has 0 N–H and O–H groups in total. The van der Waals surface area contributed by atoms with Gasteiger partial charge in [0, 0.05) is 16.9 Å². The highest BCUT2D eigenvalue weighted by molar-refractivity contribution is 6.55. The van der Waals surface area contributed by atoms with Crippen LogP contribution in [0.25, 0.3) is 0 Å². The van der Waals surface area contributed by atoms with E-state index in [2.05, 4.69) is 9.31 Å². The lowest BCUT2D eigenvalue weighted by atomic mass is 9.86. The van der Waals surface area contributed by atoms with Gasteiger partial charge in [-0.3, -0.25) is 4.79 Å². The smallest absolute Gasteiger partial charge is 0.493 e. The van der Waals surface area contributed by atoms with Gasteiger partial charge in [-0.2, -0.15) is 0 Å². The van der Waals surface area contributed by atoms with Crippen LogP contribution < -0.4 is 0 Å². The van der Waals surface area contributed by atoms with Crippen LogP contribution >= 0.6 is 0 Å². The van der Waals surface area contributed by atoms with E-state index in [0.29, 0.717) is 0 Å². The quantitative estimate of drug-likeness (QED) is 0.339. The minimum atomic E-state index is -1.44. The number of carbonyl (C=O) groups excluding carboxylic acids is 3. The summed E-state index contributed by atoms with van der Waals surface area (Å²) in [7, 11) is -1.44. The Kier molecular flexibility index (Phi) is 4.31. The van der Waals surface area contributed by atoms with Gasteiger partial charge in [-0.15, -0.1) is 0 Å². The summed E-state index contributed by atoms with van der Waals surface area (Å²) >= 11 is 0. The van der Waals surface area contributed by atoms with Gasteiger partial charge in [-0.05, 0) is 0 Å². The highest BCUT2D eigenvalue weighted by Gasteiger charge is 2.47. The van der Waals surface area contributed by atoms with Crippen molar-refractivity contribution in [1.29, 1.82) is 0 Å². The molecule has 1 heterocycles. The largest absolute Gasteiger partial charge is 0.868 e. The Morgan fingerprint density at radius 2 is 1.45 bits per heavy atom. The minimum absolute atomic E-state index is 0.141. The molecule has 1 aliphatic rings. The highest BCUT2D eigenvalue weighted by atomic mass is 16.8. The SMILES string of the molecule is CC(C)(C)C(=O)C=C(OB1OC(=O)C(=O)O1)C(C)(C)C. The Hall–Kier alpha value is -1.79. The zero-order chi connectivity index (χ0) is 15.7. The summed E-state index contributed by atoms with van der Waals surface area (Å²) in [6.45, 7) is 10.8. The van der Waals surface area contributed by atoms with Crippen LogP contribution in [0, 0.1) is 10.8 Å². The molecule has 0 radical (unpaired) electrons. The van der Waals surface area contributed by atoms with E-state index in [0.717, 1.165) is 0 Å². The molecular formula is C13H19BO6. The van der Waals surface area contributed by atoms with Crippen LogP contribution in [0.4, 0.5) is 0 Å². The van der Waals surface area contributed by atoms with Crippen molar-refractivity contribution in [3.05, 3.63) is 11.8 Å². The summed E-state index contributed by atoms with van der Waals surface area (Å²) in [6, 6.07) is 0. The monoisotopic (exact) mass is 282 g/mol. The molecule has 0 amide bonds. The first-order valence-corrected chi connectivity index (χ1v) is 6.26. The maximum Gasteiger partial charge on any atom is 0.868 e. The first-order chi connectivity index (χ1) is 8.91. The number of hydrogen-bond acceptors (Lipinski definition) is 6. The molecule has 0 unspecified atom stereocenters. The van der Waals surface area contributed by atoms with Crippen LogP contribution in [0.15, 0.2) is 11.8 Å². The van der Waals surface area contributed by atoms with Gasteiger partial charge in [0.1, 0.15) is 0 Å². The number of carbonyl (C=O) groups is 3. The molecule has 20 heavy (non-hydrogen) atoms. The normalized spacial score (nSPS) is 16.9. The number of hydrogen-bond donors (Lipinski definition) is 0. The van der Waals surface area contributed by atoms with Gasteiger partial charge in [-0.25, -0.2) is 9.59 Å². The van der Waals surface area contributed by atoms with Gasteiger partial charge < -0.3 is 14.0 Å². The standard InChI is InChI=1S/C13H19BO6/c1-12(2,3)8(15)7-9(13(4,5)6)18-14-19-10(16)11(17)20-14/h7H,1-6H3. The number of ketones is 1. The molecular weight excluding hydrogens is 263 g/mol. The van der Waals surface area contributed by atoms with Crippen LogP contribution in [0.2, 0.25) is 0 Å². The maximum atomic E-state index is 12.1. The van der Waals surface area contributed by atoms with E-state index in [1.807, 2.05) is 20.8 Å². The Morgan fingerprint density at radius 3 is 1.80 bits per heavy atom. The van der Waals surface area contributed by atoms with Gasteiger partial charge in [-0.1, -0.05) is 41.5 Å². The summed E-state index contributed by atoms with van der Waals surface area (Å²) in [4.78, 5) is 33.9. The fourth-order valence-electron chi connectivity index (χ4n) is 1.21. The van der Waals surface area contributed by atoms with Crippen molar-refractivity contribution < 1.29 is 28.3 Å². The molecule has 0 bridgehead atoms. The third-order valence-electron chi connectivity index (χ3n) is 2.54. The zero-order valence-corrected chi connectivity index (χ0v) is 12.6. The minimum Gasteiger partial charge on any atom is -0.493 e. The second-order valence-electron chi connectivity index (χ2n) is 6.59. The zero-order valence-electron chi connectivity index (χ0n) is 12.6. The van der Waals surface area contributed by atoms with E-state index < -0.39 is 30.1 Å². The van der Waals surface area contributed by atoms with Crippen LogP contribution in [-0.4, -0.2) is 25.0 Å². The highest BCUT2D eigenvalue weighted by Crippen LogP contribution is 2.29. The molecule has 0 aromatic heterocycles. The molecule has 0 aliphatic carbocycles. The second kappa shape index (κ2) is 5.30. The predicted molar refractivity (Wildman–Crippen MR) is 71.0 cm³/mol. The van der Waals surface area contributed by atoms with E-state index in [4.69, 9.17) is 4.65 Å². The summed E-state index contributed by atoms with van der Waals surface area (Å²) in [6.07, 6.45) is 1.35. The first-order valence-electron chi connectivity index (χ1n) is 6.26. The molecule has 1 fully saturated rings. The Bertz CT molecular complexity index is 450. The van der Waals surface area contributed by atoms with E-state index >= 15 is 0 Å². The van der Waals surface area contributed by atoms with Crippen molar-refractivity contribution in [3.63, 3.8) is 0 Å². The Balaban J connectivity index is 2.93. The first kappa shape index (κ1) is 16.3. The fourth-order valence-corrected chi connectivity index (χ4v) is 1.21. The lowest BCUT2D eigenvalue weighted by Crippen LogP contribution is -2.27. The molecule has 1 aliphatic heterocycles. The lowest BCUT2D eigenvalue weighted by Gasteiger charge is -2.24. The summed E-state index contributed by atoms with van der Waals surface area (Å²) in [5, 5.41) is 0. The average Bonchev–Trinajstić information content (AvgIpc) is 2.54. The van der Waals surface area contributed by atoms with E-state index in [1.165, 1.54) is 6.08 Å². The Morgan fingerprint density at radius 1 is 1.00 bits per heavy atom. The second-order valence-corrected chi connectivity index (χ2v) is 6.59. The molecule has 1 saturated heterocycles. The van der Waals surface area contributed by atoms with Crippen molar-refractivity contribution >= 4 is 25.0 Å². The van der Waals surface area contributed by atoms with Gasteiger partial charge >= 0.3 is 19.3 Å². The molecule has 0 atom stereocenters. The van der Waals surface area contributed by atoms with Gasteiger partial charge in [0.15, 0.2) is 5.78 Å². The summed E-state index contributed by atoms with van der Waals surface area (Å²) < 4.78 is 14.5. The molecule has 1 rings (SSSR count). The van der Waals surface area contributed by atoms with Gasteiger partial charge in [0.25, 0.3) is 0 Å². The molecule has 0 aromatic rings. The molecule has 0 spiro atoms. The van der Waals surface area contributed by atoms with Crippen LogP contribution in [-0.2, 0) is 28.3 Å². The van der Waals surface area contributed by atoms with Crippen molar-refractivity contribution in [2.24, 2.45) is 10.8 Å². The van der Waals surface area contributed by atoms with E-state index in [1.54, 1.807) is 20.8 Å². The third-order valence-corrected chi connectivity index (χ3v) is 2.54. The Labute approximate surface area is 118 Å². The van der Waals surface area contributed by atoms with E-state index in [9.17, 15) is 14.4 Å². The molecule has 110 valence electrons. The van der Waals surface area contributed by atoms with Gasteiger partial charge in [0.05, 0.1) is 5.76 Å². The molecule has 0 saturated carbocycles. The number of rotatable bonds is 3. The van der Waals surface area contributed by atoms with Crippen molar-refractivity contribution in [1.82, 2.24) is 0 Å². The summed E-state index contributed by atoms with van der Waals surface area (Å²) in [5.41, 5.74) is -1.08. The molecule has 6 nitrogen and oxygen atoms in total. The van der Waals surface area contributed by atoms with Gasteiger partial charge in [0.2, 0.25) is 0 Å². The summed E-state index contributed by atoms with van der Waals surface area (Å²) in [5.74, 6) is -2.07. The third kappa shape index (κ3) is 4.11. The fraction of sp³-hybridized carbons (Fsp3) is 0.615. The lowest BCUT2D eigenvalue weighted by molar-refractivity contribution is -0.150. The van der Waals surface area contributed by atoms with Crippen LogP contribution in [0.3, 0.4) is 0 Å². The van der Waals surface area contributed by atoms with Crippen molar-refractivity contribution in [2.75, 3.05) is 0 Å². The predicted octanol–water partition coefficient (Wildman–Crippen LogP) is 1.63. The van der Waals surface area contributed by atoms with E-state index in [-0.39, 0.29) is 11.5 Å². The van der Waals surface area contributed by atoms with Crippen molar-refractivity contribution in [3.8, 4) is 0 Å². The molecule has 7 heteroatoms. The number of allylic oxidation sites excluding steroid dienone is 2. The average molecular weight is 282 g/mol. The topological polar surface area (TPSA) is 78.9 Å². The van der Waals surface area contributed by atoms with Crippen molar-refractivity contribution in [2.45, 2.75) is 41.5 Å². The molecule has 0 aromatic carbocycles. The van der Waals surface area contributed by atoms with Crippen LogP contribution in [0.1, 0.15) is 41.5 Å². The van der Waals surface area contributed by atoms with Crippen LogP contribution in [0.5, 0.6) is 0 Å².